The lowest BCUT2D eigenvalue weighted by Crippen LogP contribution is -2.55. The van der Waals surface area contributed by atoms with Gasteiger partial charge in [-0.05, 0) is 14.1 Å². The number of rotatable bonds is 0. The van der Waals surface area contributed by atoms with Gasteiger partial charge in [-0.15, -0.1) is 0 Å². The molecule has 2 heterocycles. The number of hydrogen-bond donors (Lipinski definition) is 0. The van der Waals surface area contributed by atoms with E-state index in [2.05, 4.69) is 28.8 Å². The van der Waals surface area contributed by atoms with E-state index in [-0.39, 0.29) is 5.91 Å². The molecule has 5 nitrogen and oxygen atoms in total. The summed E-state index contributed by atoms with van der Waals surface area (Å²) in [4.78, 5) is 21.2. The molecule has 0 saturated carbocycles. The molecule has 0 aromatic heterocycles. The van der Waals surface area contributed by atoms with E-state index < -0.39 is 0 Å². The minimum atomic E-state index is 0.0441. The van der Waals surface area contributed by atoms with Crippen molar-refractivity contribution in [2.24, 2.45) is 0 Å². The van der Waals surface area contributed by atoms with Crippen molar-refractivity contribution in [2.75, 3.05) is 66.5 Å². The molecule has 0 aliphatic carbocycles. The molecule has 0 bridgehead atoms. The monoisotopic (exact) mass is 270 g/mol. The summed E-state index contributed by atoms with van der Waals surface area (Å²) >= 11 is 5.35. The Hall–Kier alpha value is -0.720. The zero-order chi connectivity index (χ0) is 13.1. The smallest absolute Gasteiger partial charge is 0.281 e. The van der Waals surface area contributed by atoms with Gasteiger partial charge >= 0.3 is 0 Å². The summed E-state index contributed by atoms with van der Waals surface area (Å²) in [6, 6.07) is 0. The number of nitrogens with zero attached hydrogens (tertiary/aromatic N) is 4. The highest BCUT2D eigenvalue weighted by molar-refractivity contribution is 7.81. The van der Waals surface area contributed by atoms with Gasteiger partial charge in [0.1, 0.15) is 0 Å². The molecule has 1 amide bonds. The van der Waals surface area contributed by atoms with Gasteiger partial charge in [-0.2, -0.15) is 0 Å². The van der Waals surface area contributed by atoms with Gasteiger partial charge in [0.05, 0.1) is 0 Å². The molecule has 18 heavy (non-hydrogen) atoms. The van der Waals surface area contributed by atoms with Crippen LogP contribution in [0.2, 0.25) is 0 Å². The lowest BCUT2D eigenvalue weighted by atomic mass is 10.3. The maximum Gasteiger partial charge on any atom is 0.281 e. The molecule has 0 N–H and O–H groups in total. The van der Waals surface area contributed by atoms with Crippen molar-refractivity contribution in [1.82, 2.24) is 19.6 Å². The van der Waals surface area contributed by atoms with Gasteiger partial charge in [-0.25, -0.2) is 0 Å². The van der Waals surface area contributed by atoms with Crippen molar-refractivity contribution in [2.45, 2.75) is 0 Å². The molecular weight excluding hydrogens is 248 g/mol. The summed E-state index contributed by atoms with van der Waals surface area (Å²) in [5.74, 6) is 0.0441. The number of piperazine rings is 2. The van der Waals surface area contributed by atoms with Crippen LogP contribution in [0.3, 0.4) is 0 Å². The molecule has 0 spiro atoms. The average molecular weight is 270 g/mol. The van der Waals surface area contributed by atoms with E-state index in [0.29, 0.717) is 4.99 Å². The molecule has 0 aromatic carbocycles. The van der Waals surface area contributed by atoms with Crippen LogP contribution in [-0.2, 0) is 4.79 Å². The predicted molar refractivity (Wildman–Crippen MR) is 75.7 cm³/mol. The zero-order valence-corrected chi connectivity index (χ0v) is 12.1. The highest BCUT2D eigenvalue weighted by Crippen LogP contribution is 2.06. The van der Waals surface area contributed by atoms with Crippen molar-refractivity contribution in [3.8, 4) is 0 Å². The highest BCUT2D eigenvalue weighted by Gasteiger charge is 2.27. The van der Waals surface area contributed by atoms with E-state index >= 15 is 0 Å². The maximum absolute atomic E-state index is 12.3. The molecule has 102 valence electrons. The van der Waals surface area contributed by atoms with Crippen LogP contribution in [0.25, 0.3) is 0 Å². The first kappa shape index (κ1) is 13.7. The van der Waals surface area contributed by atoms with Crippen LogP contribution in [0.15, 0.2) is 0 Å². The van der Waals surface area contributed by atoms with Crippen molar-refractivity contribution < 1.29 is 4.79 Å². The van der Waals surface area contributed by atoms with Crippen molar-refractivity contribution >= 4 is 23.1 Å². The second kappa shape index (κ2) is 5.95. The fourth-order valence-corrected chi connectivity index (χ4v) is 2.60. The molecule has 6 heteroatoms. The number of amides is 1. The van der Waals surface area contributed by atoms with Crippen LogP contribution in [0.5, 0.6) is 0 Å². The number of carbonyl (C=O) groups is 1. The van der Waals surface area contributed by atoms with Gasteiger partial charge in [0, 0.05) is 52.4 Å². The summed E-state index contributed by atoms with van der Waals surface area (Å²) in [6.45, 7) is 7.18. The van der Waals surface area contributed by atoms with Crippen molar-refractivity contribution in [1.29, 1.82) is 0 Å². The molecule has 2 aliphatic rings. The average Bonchev–Trinajstić information content (AvgIpc) is 2.39. The van der Waals surface area contributed by atoms with Crippen molar-refractivity contribution in [3.05, 3.63) is 0 Å². The summed E-state index contributed by atoms with van der Waals surface area (Å²) in [6.07, 6.45) is 0. The Balaban J connectivity index is 1.86. The first-order valence-electron chi connectivity index (χ1n) is 6.53. The van der Waals surface area contributed by atoms with Gasteiger partial charge in [0.25, 0.3) is 5.91 Å². The Bertz CT molecular complexity index is 288. The number of thiocarbonyl (C=S) groups is 1. The van der Waals surface area contributed by atoms with Crippen LogP contribution in [0, 0.1) is 0 Å². The maximum atomic E-state index is 12.3. The normalized spacial score (nSPS) is 23.2. The summed E-state index contributed by atoms with van der Waals surface area (Å²) in [5.41, 5.74) is 0. The third-order valence-electron chi connectivity index (χ3n) is 3.76. The third-order valence-corrected chi connectivity index (χ3v) is 4.20. The number of likely N-dealkylation sites (N-methyl/N-ethyl adjacent to an activating group) is 2. The molecular formula is C12H22N4OS. The van der Waals surface area contributed by atoms with Crippen LogP contribution >= 0.6 is 12.2 Å². The van der Waals surface area contributed by atoms with E-state index in [9.17, 15) is 4.79 Å². The largest absolute Gasteiger partial charge is 0.356 e. The summed E-state index contributed by atoms with van der Waals surface area (Å²) in [5, 5.41) is 0. The molecule has 2 fully saturated rings. The molecule has 2 rings (SSSR count). The third kappa shape index (κ3) is 3.18. The minimum Gasteiger partial charge on any atom is -0.356 e. The summed E-state index contributed by atoms with van der Waals surface area (Å²) < 4.78 is 0. The van der Waals surface area contributed by atoms with E-state index in [0.717, 1.165) is 52.4 Å². The van der Waals surface area contributed by atoms with E-state index in [4.69, 9.17) is 12.2 Å². The van der Waals surface area contributed by atoms with E-state index in [1.807, 2.05) is 4.90 Å². The standard InChI is InChI=1S/C12H22N4OS/c1-13-3-7-15(8-4-13)11(17)12(18)16-9-5-14(2)6-10-16/h3-10H2,1-2H3. The first-order chi connectivity index (χ1) is 8.58. The fourth-order valence-electron chi connectivity index (χ4n) is 2.29. The van der Waals surface area contributed by atoms with Crippen LogP contribution in [-0.4, -0.2) is 96.9 Å². The van der Waals surface area contributed by atoms with Crippen molar-refractivity contribution in [3.63, 3.8) is 0 Å². The number of hydrogen-bond acceptors (Lipinski definition) is 4. The minimum absolute atomic E-state index is 0.0441. The Morgan fingerprint density at radius 2 is 1.17 bits per heavy atom. The lowest BCUT2D eigenvalue weighted by molar-refractivity contribution is -0.126. The fraction of sp³-hybridized carbons (Fsp3) is 0.833. The van der Waals surface area contributed by atoms with E-state index in [1.54, 1.807) is 0 Å². The van der Waals surface area contributed by atoms with Gasteiger partial charge in [0.15, 0.2) is 4.99 Å². The SMILES string of the molecule is CN1CCN(C(=O)C(=S)N2CCN(C)CC2)CC1. The van der Waals surface area contributed by atoms with Gasteiger partial charge in [0.2, 0.25) is 0 Å². The predicted octanol–water partition coefficient (Wildman–Crippen LogP) is -0.665. The molecule has 0 aromatic rings. The Labute approximate surface area is 114 Å². The van der Waals surface area contributed by atoms with E-state index in [1.165, 1.54) is 0 Å². The topological polar surface area (TPSA) is 30.0 Å². The molecule has 0 unspecified atom stereocenters. The summed E-state index contributed by atoms with van der Waals surface area (Å²) in [7, 11) is 4.18. The Morgan fingerprint density at radius 3 is 1.61 bits per heavy atom. The van der Waals surface area contributed by atoms with Gasteiger partial charge < -0.3 is 19.6 Å². The second-order valence-electron chi connectivity index (χ2n) is 5.19. The van der Waals surface area contributed by atoms with Gasteiger partial charge in [-0.1, -0.05) is 12.2 Å². The molecule has 2 saturated heterocycles. The van der Waals surface area contributed by atoms with Crippen LogP contribution < -0.4 is 0 Å². The second-order valence-corrected chi connectivity index (χ2v) is 5.58. The van der Waals surface area contributed by atoms with Gasteiger partial charge in [-0.3, -0.25) is 4.79 Å². The first-order valence-corrected chi connectivity index (χ1v) is 6.94. The molecule has 0 atom stereocenters. The Morgan fingerprint density at radius 1 is 0.778 bits per heavy atom. The molecule has 0 radical (unpaired) electrons. The highest BCUT2D eigenvalue weighted by atomic mass is 32.1. The lowest BCUT2D eigenvalue weighted by Gasteiger charge is -2.37. The number of carbonyl (C=O) groups excluding carboxylic acids is 1. The Kier molecular flexibility index (Phi) is 4.53. The zero-order valence-electron chi connectivity index (χ0n) is 11.3. The van der Waals surface area contributed by atoms with Crippen LogP contribution in [0.4, 0.5) is 0 Å². The quantitative estimate of drug-likeness (QED) is 0.545. The van der Waals surface area contributed by atoms with Crippen LogP contribution in [0.1, 0.15) is 0 Å². The molecule has 2 aliphatic heterocycles.